The second-order valence-electron chi connectivity index (χ2n) is 3.02. The van der Waals surface area contributed by atoms with Crippen molar-refractivity contribution >= 4 is 22.3 Å². The molecule has 0 radical (unpaired) electrons. The first-order chi connectivity index (χ1) is 7.20. The molecule has 1 aromatic rings. The first-order valence-electron chi connectivity index (χ1n) is 4.35. The van der Waals surface area contributed by atoms with E-state index in [4.69, 9.17) is 11.6 Å². The van der Waals surface area contributed by atoms with Crippen molar-refractivity contribution in [1.82, 2.24) is 4.98 Å². The van der Waals surface area contributed by atoms with Crippen LogP contribution in [0, 0.1) is 5.82 Å². The summed E-state index contributed by atoms with van der Waals surface area (Å²) in [6.45, 7) is 0.255. The number of aromatic nitrogens is 1. The Balaban J connectivity index is 2.41. The predicted molar refractivity (Wildman–Crippen MR) is 55.2 cm³/mol. The van der Waals surface area contributed by atoms with E-state index in [1.807, 2.05) is 0 Å². The summed E-state index contributed by atoms with van der Waals surface area (Å²) in [6, 6.07) is 2.68. The summed E-state index contributed by atoms with van der Waals surface area (Å²) < 4.78 is 26.9. The van der Waals surface area contributed by atoms with Gasteiger partial charge in [0.15, 0.2) is 6.17 Å². The monoisotopic (exact) mass is 228 g/mol. The van der Waals surface area contributed by atoms with Crippen LogP contribution in [-0.4, -0.2) is 22.9 Å². The summed E-state index contributed by atoms with van der Waals surface area (Å²) in [7, 11) is 0. The molecule has 2 heterocycles. The highest BCUT2D eigenvalue weighted by molar-refractivity contribution is 6.67. The first-order valence-corrected chi connectivity index (χ1v) is 4.73. The van der Waals surface area contributed by atoms with Crippen molar-refractivity contribution in [1.29, 1.82) is 0 Å². The molecule has 1 unspecified atom stereocenters. The quantitative estimate of drug-likeness (QED) is 0.725. The van der Waals surface area contributed by atoms with Gasteiger partial charge in [0.2, 0.25) is 0 Å². The van der Waals surface area contributed by atoms with Crippen molar-refractivity contribution in [2.24, 2.45) is 4.99 Å². The first kappa shape index (κ1) is 10.2. The van der Waals surface area contributed by atoms with Gasteiger partial charge in [-0.15, -0.1) is 0 Å². The van der Waals surface area contributed by atoms with E-state index in [1.165, 1.54) is 24.4 Å². The van der Waals surface area contributed by atoms with Gasteiger partial charge in [-0.3, -0.25) is 9.98 Å². The zero-order valence-electron chi connectivity index (χ0n) is 7.62. The zero-order valence-corrected chi connectivity index (χ0v) is 8.38. The molecule has 5 heteroatoms. The number of hydrogen-bond donors (Lipinski definition) is 0. The number of dihydropyridines is 1. The Labute approximate surface area is 90.3 Å². The van der Waals surface area contributed by atoms with Crippen molar-refractivity contribution in [3.8, 4) is 0 Å². The molecule has 78 valence electrons. The number of alkyl halides is 1. The molecule has 1 atom stereocenters. The van der Waals surface area contributed by atoms with Crippen molar-refractivity contribution in [3.05, 3.63) is 35.9 Å². The second-order valence-corrected chi connectivity index (χ2v) is 3.41. The van der Waals surface area contributed by atoms with E-state index >= 15 is 0 Å². The Bertz CT molecular complexity index is 443. The Kier molecular flexibility index (Phi) is 2.77. The van der Waals surface area contributed by atoms with Gasteiger partial charge in [-0.05, 0) is 12.1 Å². The fraction of sp³-hybridized carbons (Fsp3) is 0.200. The van der Waals surface area contributed by atoms with Crippen molar-refractivity contribution in [2.45, 2.75) is 6.17 Å². The lowest BCUT2D eigenvalue weighted by Gasteiger charge is -2.15. The van der Waals surface area contributed by atoms with Gasteiger partial charge in [0.25, 0.3) is 0 Å². The maximum atomic E-state index is 13.6. The highest BCUT2D eigenvalue weighted by Gasteiger charge is 2.25. The molecule has 2 nitrogen and oxygen atoms in total. The largest absolute Gasteiger partial charge is 0.270 e. The van der Waals surface area contributed by atoms with Gasteiger partial charge < -0.3 is 0 Å². The lowest BCUT2D eigenvalue weighted by Crippen LogP contribution is -2.18. The van der Waals surface area contributed by atoms with Gasteiger partial charge >= 0.3 is 0 Å². The summed E-state index contributed by atoms with van der Waals surface area (Å²) in [5.74, 6) is -0.558. The van der Waals surface area contributed by atoms with Crippen LogP contribution in [0.15, 0.2) is 29.4 Å². The minimum Gasteiger partial charge on any atom is -0.270 e. The molecule has 0 spiro atoms. The van der Waals surface area contributed by atoms with Gasteiger partial charge in [0.1, 0.15) is 16.7 Å². The fourth-order valence-electron chi connectivity index (χ4n) is 1.36. The van der Waals surface area contributed by atoms with E-state index < -0.39 is 12.0 Å². The summed E-state index contributed by atoms with van der Waals surface area (Å²) in [5.41, 5.74) is 0.145. The van der Waals surface area contributed by atoms with E-state index in [0.717, 1.165) is 0 Å². The van der Waals surface area contributed by atoms with Crippen LogP contribution in [-0.2, 0) is 0 Å². The smallest absolute Gasteiger partial charge is 0.179 e. The third kappa shape index (κ3) is 1.90. The number of allylic oxidation sites excluding steroid dienone is 1. The summed E-state index contributed by atoms with van der Waals surface area (Å²) in [4.78, 5) is 7.49. The van der Waals surface area contributed by atoms with Crippen LogP contribution in [0.1, 0.15) is 5.69 Å². The van der Waals surface area contributed by atoms with E-state index in [-0.39, 0.29) is 23.0 Å². The average molecular weight is 229 g/mol. The lowest BCUT2D eigenvalue weighted by molar-refractivity contribution is 0.499. The Hall–Kier alpha value is -1.29. The number of pyridine rings is 1. The summed E-state index contributed by atoms with van der Waals surface area (Å²) in [6.07, 6.45) is 1.32. The van der Waals surface area contributed by atoms with Gasteiger partial charge in [-0.1, -0.05) is 17.7 Å². The molecule has 0 N–H and O–H groups in total. The Morgan fingerprint density at radius 1 is 1.47 bits per heavy atom. The molecule has 0 aromatic carbocycles. The SMILES string of the molecule is Fc1cccnc1C1=CCN=C(Cl)C1F. The zero-order chi connectivity index (χ0) is 10.8. The van der Waals surface area contributed by atoms with E-state index in [0.29, 0.717) is 0 Å². The molecule has 1 aliphatic heterocycles. The maximum absolute atomic E-state index is 13.6. The van der Waals surface area contributed by atoms with Crippen LogP contribution in [0.2, 0.25) is 0 Å². The van der Waals surface area contributed by atoms with Crippen LogP contribution in [0.25, 0.3) is 5.57 Å². The van der Waals surface area contributed by atoms with Gasteiger partial charge in [-0.25, -0.2) is 8.78 Å². The Morgan fingerprint density at radius 2 is 2.27 bits per heavy atom. The number of rotatable bonds is 1. The van der Waals surface area contributed by atoms with Crippen LogP contribution >= 0.6 is 11.6 Å². The second kappa shape index (κ2) is 4.06. The van der Waals surface area contributed by atoms with Crippen LogP contribution in [0.5, 0.6) is 0 Å². The summed E-state index contributed by atoms with van der Waals surface area (Å²) in [5, 5.41) is -0.155. The van der Waals surface area contributed by atoms with E-state index in [9.17, 15) is 8.78 Å². The normalized spacial score (nSPS) is 20.9. The van der Waals surface area contributed by atoms with Gasteiger partial charge in [0.05, 0.1) is 6.54 Å². The van der Waals surface area contributed by atoms with Crippen LogP contribution in [0.3, 0.4) is 0 Å². The van der Waals surface area contributed by atoms with Crippen LogP contribution < -0.4 is 0 Å². The summed E-state index contributed by atoms with van der Waals surface area (Å²) >= 11 is 5.55. The van der Waals surface area contributed by atoms with Crippen molar-refractivity contribution in [3.63, 3.8) is 0 Å². The molecule has 2 rings (SSSR count). The number of halogens is 3. The molecule has 0 saturated carbocycles. The maximum Gasteiger partial charge on any atom is 0.179 e. The number of hydrogen-bond acceptors (Lipinski definition) is 2. The molecule has 0 saturated heterocycles. The topological polar surface area (TPSA) is 25.2 Å². The lowest BCUT2D eigenvalue weighted by atomic mass is 10.0. The number of nitrogens with zero attached hydrogens (tertiary/aromatic N) is 2. The standard InChI is InChI=1S/C10H7ClF2N2/c11-10-8(13)6(3-5-15-10)9-7(12)2-1-4-14-9/h1-4,8H,5H2. The molecule has 1 aliphatic rings. The number of aliphatic imine (C=N–C) groups is 1. The third-order valence-corrected chi connectivity index (χ3v) is 2.38. The molecular formula is C10H7ClF2N2. The molecule has 15 heavy (non-hydrogen) atoms. The molecule has 0 amide bonds. The molecule has 0 aliphatic carbocycles. The Morgan fingerprint density at radius 3 is 3.00 bits per heavy atom. The van der Waals surface area contributed by atoms with E-state index in [1.54, 1.807) is 0 Å². The molecule has 0 fully saturated rings. The third-order valence-electron chi connectivity index (χ3n) is 2.07. The van der Waals surface area contributed by atoms with Gasteiger partial charge in [0, 0.05) is 11.8 Å². The minimum absolute atomic E-state index is 0.00181. The average Bonchev–Trinajstić information content (AvgIpc) is 2.23. The van der Waals surface area contributed by atoms with Crippen LogP contribution in [0.4, 0.5) is 8.78 Å². The van der Waals surface area contributed by atoms with Gasteiger partial charge in [-0.2, -0.15) is 0 Å². The van der Waals surface area contributed by atoms with Crippen molar-refractivity contribution < 1.29 is 8.78 Å². The minimum atomic E-state index is -1.58. The highest BCUT2D eigenvalue weighted by atomic mass is 35.5. The molecule has 0 bridgehead atoms. The fourth-order valence-corrected chi connectivity index (χ4v) is 1.54. The highest BCUT2D eigenvalue weighted by Crippen LogP contribution is 2.26. The molecular weight excluding hydrogens is 222 g/mol. The van der Waals surface area contributed by atoms with Crippen molar-refractivity contribution in [2.75, 3.05) is 6.54 Å². The van der Waals surface area contributed by atoms with E-state index in [2.05, 4.69) is 9.98 Å². The molecule has 1 aromatic heterocycles. The predicted octanol–water partition coefficient (Wildman–Crippen LogP) is 2.59.